The number of nitrogens with one attached hydrogen (secondary N) is 1. The van der Waals surface area contributed by atoms with Crippen LogP contribution < -0.4 is 10.1 Å². The van der Waals surface area contributed by atoms with Crippen LogP contribution in [0.15, 0.2) is 12.1 Å². The maximum atomic E-state index is 5.82. The van der Waals surface area contributed by atoms with Crippen molar-refractivity contribution in [1.82, 2.24) is 5.32 Å². The Morgan fingerprint density at radius 2 is 2.44 bits per heavy atom. The molecule has 3 unspecified atom stereocenters. The number of fused-ring (bicyclic) bond motifs is 2. The number of ether oxygens (including phenoxy) is 2. The quantitative estimate of drug-likeness (QED) is 0.873. The van der Waals surface area contributed by atoms with E-state index in [1.165, 1.54) is 24.1 Å². The Labute approximate surface area is 99.8 Å². The van der Waals surface area contributed by atoms with Gasteiger partial charge >= 0.3 is 0 Å². The molecule has 2 saturated heterocycles. The van der Waals surface area contributed by atoms with E-state index in [9.17, 15) is 0 Å². The van der Waals surface area contributed by atoms with Crippen molar-refractivity contribution in [3.8, 4) is 5.06 Å². The first kappa shape index (κ1) is 10.6. The Balaban J connectivity index is 1.53. The Bertz CT molecular complexity index is 366. The Morgan fingerprint density at radius 3 is 3.06 bits per heavy atom. The van der Waals surface area contributed by atoms with E-state index in [2.05, 4.69) is 11.4 Å². The summed E-state index contributed by atoms with van der Waals surface area (Å²) in [6.07, 6.45) is 4.67. The van der Waals surface area contributed by atoms with Crippen LogP contribution in [-0.4, -0.2) is 25.4 Å². The molecular weight excluding hydrogens is 222 g/mol. The summed E-state index contributed by atoms with van der Waals surface area (Å²) in [5, 5.41) is 4.58. The summed E-state index contributed by atoms with van der Waals surface area (Å²) in [4.78, 5) is 1.33. The monoisotopic (exact) mass is 239 g/mol. The third kappa shape index (κ3) is 1.97. The molecule has 1 aromatic heterocycles. The van der Waals surface area contributed by atoms with Crippen molar-refractivity contribution in [2.24, 2.45) is 0 Å². The summed E-state index contributed by atoms with van der Waals surface area (Å²) in [5.74, 6) is 0. The van der Waals surface area contributed by atoms with Crippen LogP contribution in [0.25, 0.3) is 0 Å². The van der Waals surface area contributed by atoms with Gasteiger partial charge in [0.05, 0.1) is 19.3 Å². The van der Waals surface area contributed by atoms with E-state index in [0.717, 1.165) is 11.6 Å². The van der Waals surface area contributed by atoms with Gasteiger partial charge in [-0.1, -0.05) is 0 Å². The molecule has 0 saturated carbocycles. The Hall–Kier alpha value is -0.580. The van der Waals surface area contributed by atoms with E-state index >= 15 is 0 Å². The second-order valence-electron chi connectivity index (χ2n) is 4.52. The maximum Gasteiger partial charge on any atom is 0.173 e. The van der Waals surface area contributed by atoms with Crippen LogP contribution in [0.5, 0.6) is 5.06 Å². The SMILES string of the molecule is COc1ccc(CNC2CC3CCC2O3)s1. The highest BCUT2D eigenvalue weighted by Gasteiger charge is 2.40. The van der Waals surface area contributed by atoms with E-state index in [1.54, 1.807) is 18.4 Å². The van der Waals surface area contributed by atoms with Gasteiger partial charge in [0.1, 0.15) is 0 Å². The Kier molecular flexibility index (Phi) is 2.88. The van der Waals surface area contributed by atoms with Crippen LogP contribution in [0.3, 0.4) is 0 Å². The van der Waals surface area contributed by atoms with E-state index in [4.69, 9.17) is 9.47 Å². The zero-order valence-corrected chi connectivity index (χ0v) is 10.3. The maximum absolute atomic E-state index is 5.82. The van der Waals surface area contributed by atoms with Gasteiger partial charge in [-0.2, -0.15) is 0 Å². The lowest BCUT2D eigenvalue weighted by atomic mass is 9.95. The molecule has 3 heterocycles. The number of hydrogen-bond acceptors (Lipinski definition) is 4. The molecule has 16 heavy (non-hydrogen) atoms. The number of rotatable bonds is 4. The van der Waals surface area contributed by atoms with Gasteiger partial charge in [-0.05, 0) is 31.4 Å². The molecule has 3 rings (SSSR count). The predicted molar refractivity (Wildman–Crippen MR) is 64.0 cm³/mol. The zero-order valence-electron chi connectivity index (χ0n) is 9.44. The lowest BCUT2D eigenvalue weighted by Gasteiger charge is -2.19. The molecule has 2 fully saturated rings. The second kappa shape index (κ2) is 4.35. The first-order valence-electron chi connectivity index (χ1n) is 5.86. The molecule has 0 amide bonds. The van der Waals surface area contributed by atoms with Gasteiger partial charge in [0, 0.05) is 17.5 Å². The lowest BCUT2D eigenvalue weighted by Crippen LogP contribution is -2.36. The number of hydrogen-bond donors (Lipinski definition) is 1. The van der Waals surface area contributed by atoms with Gasteiger partial charge < -0.3 is 14.8 Å². The molecule has 0 aromatic carbocycles. The first-order chi connectivity index (χ1) is 7.85. The van der Waals surface area contributed by atoms with Crippen molar-refractivity contribution in [3.63, 3.8) is 0 Å². The van der Waals surface area contributed by atoms with Crippen molar-refractivity contribution < 1.29 is 9.47 Å². The highest BCUT2D eigenvalue weighted by atomic mass is 32.1. The largest absolute Gasteiger partial charge is 0.487 e. The summed E-state index contributed by atoms with van der Waals surface area (Å²) in [6, 6.07) is 4.72. The fourth-order valence-corrected chi connectivity index (χ4v) is 3.42. The normalized spacial score (nSPS) is 32.2. The molecule has 3 nitrogen and oxygen atoms in total. The van der Waals surface area contributed by atoms with Crippen LogP contribution in [0.4, 0.5) is 0 Å². The van der Waals surface area contributed by atoms with Crippen molar-refractivity contribution >= 4 is 11.3 Å². The summed E-state index contributed by atoms with van der Waals surface area (Å²) in [5.41, 5.74) is 0. The topological polar surface area (TPSA) is 30.5 Å². The van der Waals surface area contributed by atoms with Gasteiger partial charge in [0.15, 0.2) is 5.06 Å². The molecule has 0 aliphatic carbocycles. The average Bonchev–Trinajstić information content (AvgIpc) is 3.02. The fraction of sp³-hybridized carbons (Fsp3) is 0.667. The van der Waals surface area contributed by atoms with Crippen LogP contribution in [0.1, 0.15) is 24.1 Å². The van der Waals surface area contributed by atoms with Crippen molar-refractivity contribution in [3.05, 3.63) is 17.0 Å². The number of thiophene rings is 1. The summed E-state index contributed by atoms with van der Waals surface area (Å²) in [7, 11) is 1.72. The highest BCUT2D eigenvalue weighted by molar-refractivity contribution is 7.13. The van der Waals surface area contributed by atoms with Crippen LogP contribution in [0, 0.1) is 0 Å². The summed E-state index contributed by atoms with van der Waals surface area (Å²) in [6.45, 7) is 0.936. The number of methoxy groups -OCH3 is 1. The Morgan fingerprint density at radius 1 is 1.50 bits per heavy atom. The van der Waals surface area contributed by atoms with Crippen molar-refractivity contribution in [1.29, 1.82) is 0 Å². The third-order valence-corrected chi connectivity index (χ3v) is 4.53. The second-order valence-corrected chi connectivity index (χ2v) is 5.65. The minimum Gasteiger partial charge on any atom is -0.487 e. The highest BCUT2D eigenvalue weighted by Crippen LogP contribution is 2.34. The molecule has 3 atom stereocenters. The van der Waals surface area contributed by atoms with Crippen LogP contribution in [0.2, 0.25) is 0 Å². The molecule has 4 heteroatoms. The molecule has 88 valence electrons. The molecule has 2 aliphatic heterocycles. The van der Waals surface area contributed by atoms with Gasteiger partial charge in [0.2, 0.25) is 0 Å². The first-order valence-corrected chi connectivity index (χ1v) is 6.68. The van der Waals surface area contributed by atoms with Gasteiger partial charge in [0.25, 0.3) is 0 Å². The van der Waals surface area contributed by atoms with Crippen molar-refractivity contribution in [2.45, 2.75) is 44.1 Å². The minimum absolute atomic E-state index is 0.465. The van der Waals surface area contributed by atoms with Gasteiger partial charge in [-0.25, -0.2) is 0 Å². The van der Waals surface area contributed by atoms with Crippen LogP contribution >= 0.6 is 11.3 Å². The fourth-order valence-electron chi connectivity index (χ4n) is 2.65. The van der Waals surface area contributed by atoms with E-state index in [0.29, 0.717) is 18.2 Å². The smallest absolute Gasteiger partial charge is 0.173 e. The lowest BCUT2D eigenvalue weighted by molar-refractivity contribution is 0.0973. The standard InChI is InChI=1S/C12H17NO2S/c1-14-12-5-3-9(16-12)7-13-10-6-8-2-4-11(10)15-8/h3,5,8,10-11,13H,2,4,6-7H2,1H3. The van der Waals surface area contributed by atoms with Gasteiger partial charge in [-0.3, -0.25) is 0 Å². The van der Waals surface area contributed by atoms with Crippen LogP contribution in [-0.2, 0) is 11.3 Å². The third-order valence-electron chi connectivity index (χ3n) is 3.48. The van der Waals surface area contributed by atoms with E-state index < -0.39 is 0 Å². The van der Waals surface area contributed by atoms with Crippen molar-refractivity contribution in [2.75, 3.05) is 7.11 Å². The summed E-state index contributed by atoms with van der Waals surface area (Å²) < 4.78 is 11.0. The molecule has 0 radical (unpaired) electrons. The predicted octanol–water partition coefficient (Wildman–Crippen LogP) is 2.17. The molecule has 1 aromatic rings. The van der Waals surface area contributed by atoms with E-state index in [1.807, 2.05) is 6.07 Å². The molecule has 2 bridgehead atoms. The zero-order chi connectivity index (χ0) is 11.0. The minimum atomic E-state index is 0.465. The molecule has 2 aliphatic rings. The van der Waals surface area contributed by atoms with Gasteiger partial charge in [-0.15, -0.1) is 11.3 Å². The molecule has 1 N–H and O–H groups in total. The molecular formula is C12H17NO2S. The summed E-state index contributed by atoms with van der Waals surface area (Å²) >= 11 is 1.71. The van der Waals surface area contributed by atoms with E-state index in [-0.39, 0.29) is 0 Å². The average molecular weight is 239 g/mol. The molecule has 0 spiro atoms.